The number of carbonyl (C=O) groups is 3. The highest BCUT2D eigenvalue weighted by atomic mass is 79.9. The van der Waals surface area contributed by atoms with Crippen LogP contribution in [0.5, 0.6) is 17.2 Å². The standard InChI is InChI=1S/3C27H22BrNO4S/c3*1-33-25-14-13-24(28)18-26(25)34(31,32)29-27(30)15-12-21-7-3-5-9-23(21)17-19-10-11-20-6-2-4-8-22(20)16-19/h3*2-16,18H,17H2,1H3,(H,29,30)/b3*15-12+. The van der Waals surface area contributed by atoms with Crippen LogP contribution < -0.4 is 28.4 Å². The lowest BCUT2D eigenvalue weighted by Gasteiger charge is -2.10. The molecule has 15 nitrogen and oxygen atoms in total. The summed E-state index contributed by atoms with van der Waals surface area (Å²) >= 11 is 9.74. The molecule has 3 N–H and O–H groups in total. The lowest BCUT2D eigenvalue weighted by Crippen LogP contribution is -2.29. The van der Waals surface area contributed by atoms with E-state index in [-0.39, 0.29) is 31.9 Å². The highest BCUT2D eigenvalue weighted by Gasteiger charge is 2.25. The minimum atomic E-state index is -4.11. The highest BCUT2D eigenvalue weighted by molar-refractivity contribution is 9.11. The van der Waals surface area contributed by atoms with Crippen molar-refractivity contribution in [2.24, 2.45) is 0 Å². The molecule has 0 saturated carbocycles. The maximum absolute atomic E-state index is 12.7. The second-order valence-electron chi connectivity index (χ2n) is 23.0. The SMILES string of the molecule is COc1ccc(Br)cc1S(=O)(=O)NC(=O)/C=C/c1ccccc1Cc1ccc2ccccc2c1.COc1ccc(Br)cc1S(=O)(=O)NC(=O)/C=C/c1ccccc1Cc1ccc2ccccc2c1.COc1ccc(Br)cc1S(=O)(=O)NC(=O)/C=C/c1ccccc1Cc1ccc2ccccc2c1. The van der Waals surface area contributed by atoms with Crippen LogP contribution in [-0.4, -0.2) is 64.3 Å². The molecule has 0 fully saturated rings. The minimum Gasteiger partial charge on any atom is -0.495 e. The van der Waals surface area contributed by atoms with Gasteiger partial charge in [-0.1, -0.05) is 248 Å². The molecule has 12 aromatic rings. The number of methoxy groups -OCH3 is 3. The molecule has 0 aliphatic heterocycles. The third kappa shape index (κ3) is 20.0. The molecule has 0 heterocycles. The molecule has 0 aliphatic rings. The lowest BCUT2D eigenvalue weighted by atomic mass is 9.97. The van der Waals surface area contributed by atoms with E-state index in [1.165, 1.54) is 108 Å². The zero-order valence-corrected chi connectivity index (χ0v) is 62.3. The van der Waals surface area contributed by atoms with Gasteiger partial charge >= 0.3 is 0 Å². The third-order valence-corrected chi connectivity index (χ3v) is 21.6. The number of fused-ring (bicyclic) bond motifs is 3. The fraction of sp³-hybridized carbons (Fsp3) is 0.0741. The summed E-state index contributed by atoms with van der Waals surface area (Å²) in [7, 11) is -8.23. The third-order valence-electron chi connectivity index (χ3n) is 16.0. The summed E-state index contributed by atoms with van der Waals surface area (Å²) in [5.74, 6) is -1.80. The summed E-state index contributed by atoms with van der Waals surface area (Å²) in [5.41, 5.74) is 9.03. The Morgan fingerprint density at radius 2 is 0.559 bits per heavy atom. The summed E-state index contributed by atoms with van der Waals surface area (Å²) in [6.45, 7) is 0. The number of carbonyl (C=O) groups excluding carboxylic acids is 3. The fourth-order valence-corrected chi connectivity index (χ4v) is 16.0. The van der Waals surface area contributed by atoms with Gasteiger partial charge in [0.2, 0.25) is 0 Å². The van der Waals surface area contributed by atoms with Crippen LogP contribution >= 0.6 is 47.8 Å². The summed E-state index contributed by atoms with van der Waals surface area (Å²) in [5, 5.41) is 7.04. The van der Waals surface area contributed by atoms with Gasteiger partial charge in [-0.25, -0.2) is 39.4 Å². The van der Waals surface area contributed by atoms with E-state index in [2.05, 4.69) is 153 Å². The zero-order chi connectivity index (χ0) is 72.4. The molecule has 0 unspecified atom stereocenters. The van der Waals surface area contributed by atoms with Gasteiger partial charge in [0.25, 0.3) is 47.8 Å². The van der Waals surface area contributed by atoms with Crippen LogP contribution in [0.25, 0.3) is 50.5 Å². The number of sulfonamides is 3. The van der Waals surface area contributed by atoms with Crippen molar-refractivity contribution in [2.75, 3.05) is 21.3 Å². The summed E-state index contributed by atoms with van der Waals surface area (Å²) < 4.78 is 99.7. The molecular formula is C81H66Br3N3O12S3. The number of nitrogens with one attached hydrogen (secondary N) is 3. The van der Waals surface area contributed by atoms with Gasteiger partial charge in [0.15, 0.2) is 0 Å². The van der Waals surface area contributed by atoms with E-state index >= 15 is 0 Å². The van der Waals surface area contributed by atoms with E-state index in [4.69, 9.17) is 14.2 Å². The number of hydrogen-bond acceptors (Lipinski definition) is 12. The largest absolute Gasteiger partial charge is 0.495 e. The van der Waals surface area contributed by atoms with Gasteiger partial charge in [0.1, 0.15) is 31.9 Å². The Morgan fingerprint density at radius 1 is 0.314 bits per heavy atom. The molecule has 12 aromatic carbocycles. The number of rotatable bonds is 21. The van der Waals surface area contributed by atoms with Gasteiger partial charge < -0.3 is 14.2 Å². The van der Waals surface area contributed by atoms with Gasteiger partial charge in [0, 0.05) is 31.6 Å². The molecule has 0 atom stereocenters. The minimum absolute atomic E-state index is 0.122. The van der Waals surface area contributed by atoms with Gasteiger partial charge in [-0.15, -0.1) is 0 Å². The Hall–Kier alpha value is -10.3. The van der Waals surface area contributed by atoms with E-state index in [0.29, 0.717) is 32.7 Å². The predicted molar refractivity (Wildman–Crippen MR) is 415 cm³/mol. The normalized spacial score (nSPS) is 11.6. The van der Waals surface area contributed by atoms with Crippen LogP contribution in [0.2, 0.25) is 0 Å². The Kier molecular flexibility index (Phi) is 25.1. The van der Waals surface area contributed by atoms with E-state index in [1.54, 1.807) is 36.4 Å². The van der Waals surface area contributed by atoms with Crippen molar-refractivity contribution < 1.29 is 53.8 Å². The Labute approximate surface area is 618 Å². The van der Waals surface area contributed by atoms with Crippen molar-refractivity contribution in [3.63, 3.8) is 0 Å². The van der Waals surface area contributed by atoms with Crippen molar-refractivity contribution in [1.82, 2.24) is 14.2 Å². The molecule has 0 spiro atoms. The van der Waals surface area contributed by atoms with Crippen LogP contribution in [0.1, 0.15) is 50.1 Å². The predicted octanol–water partition coefficient (Wildman–Crippen LogP) is 17.2. The number of hydrogen-bond donors (Lipinski definition) is 3. The molecule has 102 heavy (non-hydrogen) atoms. The molecule has 0 bridgehead atoms. The van der Waals surface area contributed by atoms with Gasteiger partial charge in [-0.3, -0.25) is 14.4 Å². The highest BCUT2D eigenvalue weighted by Crippen LogP contribution is 2.31. The van der Waals surface area contributed by atoms with Gasteiger partial charge in [-0.2, -0.15) is 0 Å². The fourth-order valence-electron chi connectivity index (χ4n) is 11.0. The molecular weight excluding hydrogens is 1540 g/mol. The first-order valence-corrected chi connectivity index (χ1v) is 38.3. The summed E-state index contributed by atoms with van der Waals surface area (Å²) in [6, 6.07) is 80.4. The maximum atomic E-state index is 12.7. The van der Waals surface area contributed by atoms with E-state index < -0.39 is 47.8 Å². The number of benzene rings is 12. The second-order valence-corrected chi connectivity index (χ2v) is 30.7. The van der Waals surface area contributed by atoms with Crippen molar-refractivity contribution in [3.8, 4) is 17.2 Å². The van der Waals surface area contributed by atoms with Gasteiger partial charge in [-0.05, 0) is 174 Å². The van der Waals surface area contributed by atoms with Crippen LogP contribution in [0.15, 0.2) is 301 Å². The lowest BCUT2D eigenvalue weighted by molar-refractivity contribution is -0.115. The summed E-state index contributed by atoms with van der Waals surface area (Å²) in [6.07, 6.45) is 10.6. The topological polar surface area (TPSA) is 217 Å². The van der Waals surface area contributed by atoms with Crippen molar-refractivity contribution in [3.05, 3.63) is 337 Å². The molecule has 516 valence electrons. The van der Waals surface area contributed by atoms with E-state index in [1.807, 2.05) is 109 Å². The Bertz CT molecular complexity index is 5030. The first-order chi connectivity index (χ1) is 49.1. The van der Waals surface area contributed by atoms with Crippen LogP contribution in [0, 0.1) is 0 Å². The number of ether oxygens (including phenoxy) is 3. The zero-order valence-electron chi connectivity index (χ0n) is 55.1. The number of amides is 3. The summed E-state index contributed by atoms with van der Waals surface area (Å²) in [4.78, 5) is 37.1. The molecule has 0 radical (unpaired) electrons. The van der Waals surface area contributed by atoms with Crippen LogP contribution in [0.4, 0.5) is 0 Å². The monoisotopic (exact) mass is 1610 g/mol. The molecule has 0 saturated heterocycles. The average molecular weight is 1610 g/mol. The van der Waals surface area contributed by atoms with Crippen LogP contribution in [0.3, 0.4) is 0 Å². The molecule has 3 amide bonds. The van der Waals surface area contributed by atoms with Crippen molar-refractivity contribution in [1.29, 1.82) is 0 Å². The molecule has 12 rings (SSSR count). The smallest absolute Gasteiger partial charge is 0.268 e. The quantitative estimate of drug-likeness (QED) is 0.0573. The Morgan fingerprint density at radius 3 is 0.824 bits per heavy atom. The first kappa shape index (κ1) is 74.4. The van der Waals surface area contributed by atoms with E-state index in [0.717, 1.165) is 50.1 Å². The molecule has 0 aliphatic carbocycles. The molecule has 21 heteroatoms. The molecule has 0 aromatic heterocycles. The average Bonchev–Trinajstić information content (AvgIpc) is 0.811. The second kappa shape index (κ2) is 34.4. The Balaban J connectivity index is 0.000000165. The van der Waals surface area contributed by atoms with Crippen LogP contribution in [-0.2, 0) is 63.7 Å². The number of halogens is 3. The van der Waals surface area contributed by atoms with Crippen molar-refractivity contribution >= 4 is 146 Å². The van der Waals surface area contributed by atoms with Gasteiger partial charge in [0.05, 0.1) is 21.3 Å². The first-order valence-electron chi connectivity index (χ1n) is 31.5. The van der Waals surface area contributed by atoms with Crippen molar-refractivity contribution in [2.45, 2.75) is 33.9 Å². The maximum Gasteiger partial charge on any atom is 0.268 e. The van der Waals surface area contributed by atoms with E-state index in [9.17, 15) is 39.6 Å².